The quantitative estimate of drug-likeness (QED) is 0.804. The zero-order chi connectivity index (χ0) is 15.1. The highest BCUT2D eigenvalue weighted by atomic mass is 35.5. The number of ether oxygens (including phenoxy) is 1. The van der Waals surface area contributed by atoms with Gasteiger partial charge in [0.05, 0.1) is 6.61 Å². The summed E-state index contributed by atoms with van der Waals surface area (Å²) in [4.78, 5) is 17.0. The molecule has 0 aliphatic carbocycles. The second-order valence-electron chi connectivity index (χ2n) is 5.13. The van der Waals surface area contributed by atoms with Crippen molar-refractivity contribution in [1.82, 2.24) is 24.8 Å². The summed E-state index contributed by atoms with van der Waals surface area (Å²) in [5.74, 6) is 0.468. The van der Waals surface area contributed by atoms with Gasteiger partial charge in [-0.1, -0.05) is 6.92 Å². The molecule has 0 bridgehead atoms. The van der Waals surface area contributed by atoms with E-state index in [4.69, 9.17) is 16.3 Å². The average Bonchev–Trinajstić information content (AvgIpc) is 2.47. The predicted octanol–water partition coefficient (Wildman–Crippen LogP) is 0.973. The minimum Gasteiger partial charge on any atom is -0.463 e. The Hall–Kier alpha value is -1.18. The third-order valence-electron chi connectivity index (χ3n) is 3.33. The first kappa shape index (κ1) is 16.2. The van der Waals surface area contributed by atoms with E-state index in [0.717, 1.165) is 45.7 Å². The van der Waals surface area contributed by atoms with Crippen LogP contribution in [0.3, 0.4) is 0 Å². The molecule has 7 nitrogen and oxygen atoms in total. The van der Waals surface area contributed by atoms with Crippen LogP contribution in [0.25, 0.3) is 0 Å². The highest BCUT2D eigenvalue weighted by molar-refractivity contribution is 6.28. The van der Waals surface area contributed by atoms with Crippen LogP contribution in [-0.2, 0) is 0 Å². The number of nitrogens with zero attached hydrogens (tertiary/aromatic N) is 5. The number of halogens is 1. The van der Waals surface area contributed by atoms with Gasteiger partial charge in [0.1, 0.15) is 0 Å². The normalized spacial score (nSPS) is 16.9. The molecule has 0 aromatic carbocycles. The molecule has 0 radical (unpaired) electrons. The average molecular weight is 315 g/mol. The third-order valence-corrected chi connectivity index (χ3v) is 3.50. The van der Waals surface area contributed by atoms with Crippen molar-refractivity contribution >= 4 is 17.5 Å². The Morgan fingerprint density at radius 3 is 2.67 bits per heavy atom. The minimum atomic E-state index is 0.151. The van der Waals surface area contributed by atoms with Crippen molar-refractivity contribution in [1.29, 1.82) is 0 Å². The SMILES string of the molecule is CCCOc1nc(Cl)nc(NCCN2CCN(C)CC2)n1. The van der Waals surface area contributed by atoms with E-state index in [1.807, 2.05) is 6.92 Å². The zero-order valence-electron chi connectivity index (χ0n) is 12.7. The molecule has 1 aromatic heterocycles. The predicted molar refractivity (Wildman–Crippen MR) is 83.0 cm³/mol. The van der Waals surface area contributed by atoms with Crippen LogP contribution in [0.15, 0.2) is 0 Å². The van der Waals surface area contributed by atoms with Gasteiger partial charge in [-0.3, -0.25) is 4.90 Å². The second kappa shape index (κ2) is 8.31. The molecule has 1 aliphatic rings. The van der Waals surface area contributed by atoms with Crippen LogP contribution < -0.4 is 10.1 Å². The molecule has 1 fully saturated rings. The molecule has 2 heterocycles. The first-order chi connectivity index (χ1) is 10.2. The number of likely N-dealkylation sites (N-methyl/N-ethyl adjacent to an activating group) is 1. The van der Waals surface area contributed by atoms with Crippen LogP contribution >= 0.6 is 11.6 Å². The molecule has 0 spiro atoms. The van der Waals surface area contributed by atoms with Crippen LogP contribution in [-0.4, -0.2) is 77.7 Å². The smallest absolute Gasteiger partial charge is 0.322 e. The van der Waals surface area contributed by atoms with Crippen LogP contribution in [0.5, 0.6) is 6.01 Å². The number of aromatic nitrogens is 3. The van der Waals surface area contributed by atoms with E-state index in [1.165, 1.54) is 0 Å². The van der Waals surface area contributed by atoms with Gasteiger partial charge < -0.3 is 15.0 Å². The zero-order valence-corrected chi connectivity index (χ0v) is 13.4. The third kappa shape index (κ3) is 5.61. The molecule has 1 aliphatic heterocycles. The van der Waals surface area contributed by atoms with Crippen molar-refractivity contribution in [2.75, 3.05) is 58.2 Å². The number of anilines is 1. The van der Waals surface area contributed by atoms with E-state index in [9.17, 15) is 0 Å². The molecule has 1 saturated heterocycles. The Balaban J connectivity index is 1.78. The van der Waals surface area contributed by atoms with Gasteiger partial charge in [0.25, 0.3) is 0 Å². The van der Waals surface area contributed by atoms with E-state index in [-0.39, 0.29) is 11.3 Å². The summed E-state index contributed by atoms with van der Waals surface area (Å²) in [7, 11) is 2.15. The van der Waals surface area contributed by atoms with E-state index >= 15 is 0 Å². The molecule has 8 heteroatoms. The molecular formula is C13H23ClN6O. The fourth-order valence-corrected chi connectivity index (χ4v) is 2.22. The fraction of sp³-hybridized carbons (Fsp3) is 0.769. The maximum atomic E-state index is 5.87. The van der Waals surface area contributed by atoms with Crippen molar-refractivity contribution in [2.24, 2.45) is 0 Å². The maximum absolute atomic E-state index is 5.87. The minimum absolute atomic E-state index is 0.151. The molecule has 0 unspecified atom stereocenters. The van der Waals surface area contributed by atoms with Gasteiger partial charge in [-0.15, -0.1) is 0 Å². The lowest BCUT2D eigenvalue weighted by Crippen LogP contribution is -2.45. The summed E-state index contributed by atoms with van der Waals surface area (Å²) in [6, 6.07) is 0.277. The highest BCUT2D eigenvalue weighted by Gasteiger charge is 2.13. The van der Waals surface area contributed by atoms with Crippen molar-refractivity contribution < 1.29 is 4.74 Å². The number of hydrogen-bond acceptors (Lipinski definition) is 7. The van der Waals surface area contributed by atoms with Crippen LogP contribution in [0.1, 0.15) is 13.3 Å². The largest absolute Gasteiger partial charge is 0.463 e. The van der Waals surface area contributed by atoms with Gasteiger partial charge in [-0.25, -0.2) is 0 Å². The van der Waals surface area contributed by atoms with Crippen molar-refractivity contribution in [3.8, 4) is 6.01 Å². The van der Waals surface area contributed by atoms with E-state index in [1.54, 1.807) is 0 Å². The van der Waals surface area contributed by atoms with E-state index in [0.29, 0.717) is 12.6 Å². The molecular weight excluding hydrogens is 292 g/mol. The summed E-state index contributed by atoms with van der Waals surface area (Å²) in [5, 5.41) is 3.33. The molecule has 118 valence electrons. The molecule has 0 amide bonds. The van der Waals surface area contributed by atoms with Gasteiger partial charge in [0.2, 0.25) is 11.2 Å². The Labute approximate surface area is 130 Å². The number of hydrogen-bond donors (Lipinski definition) is 1. The Morgan fingerprint density at radius 1 is 1.19 bits per heavy atom. The molecule has 2 rings (SSSR count). The fourth-order valence-electron chi connectivity index (χ4n) is 2.07. The first-order valence-electron chi connectivity index (χ1n) is 7.36. The lowest BCUT2D eigenvalue weighted by Gasteiger charge is -2.32. The van der Waals surface area contributed by atoms with E-state index < -0.39 is 0 Å². The summed E-state index contributed by atoms with van der Waals surface area (Å²) in [6.45, 7) is 8.76. The van der Waals surface area contributed by atoms with Gasteiger partial charge in [0, 0.05) is 39.3 Å². The lowest BCUT2D eigenvalue weighted by molar-refractivity contribution is 0.158. The van der Waals surface area contributed by atoms with Crippen molar-refractivity contribution in [2.45, 2.75) is 13.3 Å². The van der Waals surface area contributed by atoms with E-state index in [2.05, 4.69) is 37.1 Å². The molecule has 1 aromatic rings. The van der Waals surface area contributed by atoms with Crippen LogP contribution in [0.4, 0.5) is 5.95 Å². The highest BCUT2D eigenvalue weighted by Crippen LogP contribution is 2.11. The van der Waals surface area contributed by atoms with Gasteiger partial charge in [-0.05, 0) is 25.1 Å². The summed E-state index contributed by atoms with van der Waals surface area (Å²) < 4.78 is 5.38. The Bertz CT molecular complexity index is 439. The van der Waals surface area contributed by atoms with Crippen LogP contribution in [0, 0.1) is 0 Å². The summed E-state index contributed by atoms with van der Waals surface area (Å²) >= 11 is 5.87. The van der Waals surface area contributed by atoms with Gasteiger partial charge >= 0.3 is 6.01 Å². The van der Waals surface area contributed by atoms with Crippen molar-refractivity contribution in [3.63, 3.8) is 0 Å². The molecule has 0 atom stereocenters. The summed E-state index contributed by atoms with van der Waals surface area (Å²) in [6.07, 6.45) is 0.898. The van der Waals surface area contributed by atoms with Crippen LogP contribution in [0.2, 0.25) is 5.28 Å². The molecule has 1 N–H and O–H groups in total. The first-order valence-corrected chi connectivity index (χ1v) is 7.74. The van der Waals surface area contributed by atoms with Gasteiger partial charge in [-0.2, -0.15) is 15.0 Å². The maximum Gasteiger partial charge on any atom is 0.322 e. The van der Waals surface area contributed by atoms with Gasteiger partial charge in [0.15, 0.2) is 0 Å². The monoisotopic (exact) mass is 314 g/mol. The topological polar surface area (TPSA) is 66.4 Å². The second-order valence-corrected chi connectivity index (χ2v) is 5.47. The van der Waals surface area contributed by atoms with Crippen molar-refractivity contribution in [3.05, 3.63) is 5.28 Å². The Kier molecular flexibility index (Phi) is 6.41. The lowest BCUT2D eigenvalue weighted by atomic mass is 10.3. The number of nitrogens with one attached hydrogen (secondary N) is 1. The molecule has 0 saturated carbocycles. The molecule has 21 heavy (non-hydrogen) atoms. The number of rotatable bonds is 7. The standard InChI is InChI=1S/C13H23ClN6O/c1-3-10-21-13-17-11(14)16-12(18-13)15-4-5-20-8-6-19(2)7-9-20/h3-10H2,1-2H3,(H,15,16,17,18). The number of piperazine rings is 1. The Morgan fingerprint density at radius 2 is 1.95 bits per heavy atom. The summed E-state index contributed by atoms with van der Waals surface area (Å²) in [5.41, 5.74) is 0.